The summed E-state index contributed by atoms with van der Waals surface area (Å²) in [5.74, 6) is -0.178. The molecule has 5 heterocycles. The quantitative estimate of drug-likeness (QED) is 0.151. The number of hydrogen-bond donors (Lipinski definition) is 1. The first-order chi connectivity index (χ1) is 27.0. The molecule has 4 aromatic heterocycles. The molecule has 7 aromatic rings. The number of imidazole rings is 1. The van der Waals surface area contributed by atoms with Crippen LogP contribution >= 0.6 is 11.3 Å². The normalized spacial score (nSPS) is 17.1. The van der Waals surface area contributed by atoms with E-state index in [4.69, 9.17) is 15.8 Å². The van der Waals surface area contributed by atoms with Crippen molar-refractivity contribution < 1.29 is 4.79 Å². The van der Waals surface area contributed by atoms with Crippen molar-refractivity contribution in [3.8, 4) is 39.0 Å². The smallest absolute Gasteiger partial charge is 0.234 e. The number of primary amides is 1. The molecule has 2 atom stereocenters. The van der Waals surface area contributed by atoms with Gasteiger partial charge in [-0.1, -0.05) is 97.1 Å². The van der Waals surface area contributed by atoms with E-state index >= 15 is 0 Å². The molecule has 9 rings (SSSR count). The van der Waals surface area contributed by atoms with E-state index in [0.29, 0.717) is 12.1 Å². The van der Waals surface area contributed by atoms with Gasteiger partial charge in [-0.2, -0.15) is 10.4 Å². The number of hydrogen-bond acceptors (Lipinski definition) is 6. The van der Waals surface area contributed by atoms with Crippen LogP contribution in [0.15, 0.2) is 152 Å². The van der Waals surface area contributed by atoms with E-state index in [-0.39, 0.29) is 17.9 Å². The summed E-state index contributed by atoms with van der Waals surface area (Å²) < 4.78 is 4.33. The van der Waals surface area contributed by atoms with Gasteiger partial charge in [0.05, 0.1) is 34.4 Å². The van der Waals surface area contributed by atoms with Crippen molar-refractivity contribution in [2.45, 2.75) is 37.4 Å². The zero-order valence-electron chi connectivity index (χ0n) is 30.2. The molecule has 55 heavy (non-hydrogen) atoms. The van der Waals surface area contributed by atoms with Crippen molar-refractivity contribution in [2.24, 2.45) is 11.7 Å². The lowest BCUT2D eigenvalue weighted by Crippen LogP contribution is -2.43. The number of nitriles is 1. The Hall–Kier alpha value is -6.34. The van der Waals surface area contributed by atoms with Gasteiger partial charge in [0.15, 0.2) is 0 Å². The van der Waals surface area contributed by atoms with Gasteiger partial charge in [-0.25, -0.2) is 4.98 Å². The first kappa shape index (κ1) is 34.4. The van der Waals surface area contributed by atoms with Gasteiger partial charge < -0.3 is 5.73 Å². The van der Waals surface area contributed by atoms with Crippen LogP contribution in [0, 0.1) is 17.2 Å². The fraction of sp³-hybridized carbons (Fsp3) is 0.174. The molecule has 1 fully saturated rings. The lowest BCUT2D eigenvalue weighted by atomic mass is 9.70. The number of carbonyl (C=O) groups excluding carboxylic acids is 1. The topological polar surface area (TPSA) is 105 Å². The summed E-state index contributed by atoms with van der Waals surface area (Å²) in [4.78, 5) is 21.3. The van der Waals surface area contributed by atoms with Gasteiger partial charge in [0.1, 0.15) is 16.9 Å². The second kappa shape index (κ2) is 14.5. The van der Waals surface area contributed by atoms with Crippen LogP contribution in [0.25, 0.3) is 38.6 Å². The number of aromatic nitrogens is 4. The van der Waals surface area contributed by atoms with Crippen LogP contribution in [-0.4, -0.2) is 42.6 Å². The molecule has 1 saturated heterocycles. The first-order valence-electron chi connectivity index (χ1n) is 18.7. The summed E-state index contributed by atoms with van der Waals surface area (Å²) in [6.45, 7) is 1.57. The van der Waals surface area contributed by atoms with Gasteiger partial charge in [-0.15, -0.1) is 11.3 Å². The summed E-state index contributed by atoms with van der Waals surface area (Å²) in [7, 11) is 0. The molecule has 9 heteroatoms. The van der Waals surface area contributed by atoms with Crippen LogP contribution in [0.3, 0.4) is 0 Å². The number of likely N-dealkylation sites (tertiary alicyclic amines) is 1. The lowest BCUT2D eigenvalue weighted by Gasteiger charge is -2.41. The zero-order chi connectivity index (χ0) is 37.4. The van der Waals surface area contributed by atoms with Crippen molar-refractivity contribution in [3.05, 3.63) is 174 Å². The second-order valence-corrected chi connectivity index (χ2v) is 15.4. The van der Waals surface area contributed by atoms with Gasteiger partial charge in [0.25, 0.3) is 0 Å². The maximum atomic E-state index is 12.1. The maximum absolute atomic E-state index is 12.1. The van der Waals surface area contributed by atoms with Crippen molar-refractivity contribution >= 4 is 22.9 Å². The fourth-order valence-electron chi connectivity index (χ4n) is 8.45. The number of fused-ring (bicyclic) bond motifs is 1. The molecule has 1 amide bonds. The minimum atomic E-state index is -0.677. The van der Waals surface area contributed by atoms with Crippen LogP contribution in [0.2, 0.25) is 0 Å². The van der Waals surface area contributed by atoms with Gasteiger partial charge in [0.2, 0.25) is 5.91 Å². The largest absolute Gasteiger partial charge is 0.368 e. The number of pyridine rings is 1. The molecule has 0 spiro atoms. The first-order valence-corrected chi connectivity index (χ1v) is 19.5. The Bertz CT molecular complexity index is 2550. The number of allylic oxidation sites excluding steroid dienone is 4. The molecule has 270 valence electrons. The lowest BCUT2D eigenvalue weighted by molar-refractivity contribution is -0.122. The van der Waals surface area contributed by atoms with Crippen LogP contribution < -0.4 is 5.73 Å². The van der Waals surface area contributed by atoms with Crippen molar-refractivity contribution in [1.29, 1.82) is 5.26 Å². The molecule has 0 bridgehead atoms. The SMILES string of the molecule is N#Cc1ccc(-c2nn(C(c3ccccc3)(c3ccccc3)C3C=CC=CC3)cc2-c2ccc3ncc(-c4ccc(CN5CCC[C@H]5C(N)=O)s4)n3c2)cc1. The molecule has 3 aromatic carbocycles. The zero-order valence-corrected chi connectivity index (χ0v) is 31.0. The number of nitrogens with two attached hydrogens (primary N) is 1. The van der Waals surface area contributed by atoms with E-state index in [2.05, 4.69) is 142 Å². The molecule has 0 radical (unpaired) electrons. The average Bonchev–Trinajstić information content (AvgIpc) is 4.07. The number of amides is 1. The molecule has 8 nitrogen and oxygen atoms in total. The summed E-state index contributed by atoms with van der Waals surface area (Å²) in [6.07, 6.45) is 17.7. The number of thiophene rings is 1. The molecule has 0 saturated carbocycles. The minimum Gasteiger partial charge on any atom is -0.368 e. The monoisotopic (exact) mass is 737 g/mol. The highest BCUT2D eigenvalue weighted by Gasteiger charge is 2.44. The van der Waals surface area contributed by atoms with Crippen LogP contribution in [0.1, 0.15) is 40.8 Å². The van der Waals surface area contributed by atoms with Gasteiger partial charge in [-0.05, 0) is 73.3 Å². The van der Waals surface area contributed by atoms with Gasteiger partial charge >= 0.3 is 0 Å². The summed E-state index contributed by atoms with van der Waals surface area (Å²) >= 11 is 1.72. The Balaban J connectivity index is 1.20. The summed E-state index contributed by atoms with van der Waals surface area (Å²) in [5, 5.41) is 15.2. The Morgan fingerprint density at radius 1 is 0.891 bits per heavy atom. The maximum Gasteiger partial charge on any atom is 0.234 e. The van der Waals surface area contributed by atoms with Crippen LogP contribution in [-0.2, 0) is 16.9 Å². The highest BCUT2D eigenvalue weighted by molar-refractivity contribution is 7.15. The number of rotatable bonds is 10. The highest BCUT2D eigenvalue weighted by atomic mass is 32.1. The van der Waals surface area contributed by atoms with Gasteiger partial charge in [-0.3, -0.25) is 18.8 Å². The third kappa shape index (κ3) is 6.19. The van der Waals surface area contributed by atoms with E-state index in [1.54, 1.807) is 11.3 Å². The fourth-order valence-corrected chi connectivity index (χ4v) is 9.49. The molecular formula is C46H39N7OS. The Labute approximate surface area is 324 Å². The van der Waals surface area contributed by atoms with E-state index in [1.165, 1.54) is 4.88 Å². The molecule has 1 aliphatic heterocycles. The number of carbonyl (C=O) groups is 1. The third-order valence-corrected chi connectivity index (χ3v) is 12.2. The minimum absolute atomic E-state index is 0.0680. The molecule has 2 N–H and O–H groups in total. The van der Waals surface area contributed by atoms with Crippen LogP contribution in [0.4, 0.5) is 0 Å². The van der Waals surface area contributed by atoms with E-state index in [0.717, 1.165) is 75.5 Å². The standard InChI is InChI=1S/C46H39N7OS/c47-27-32-18-20-33(21-19-32)44-39(31-53(50-44)46(35-11-4-1-5-12-35,36-13-6-2-7-14-36)37-15-8-3-9-16-37)34-22-25-43-49-28-41(52(43)29-34)42-24-23-38(55-42)30-51-26-10-17-40(51)45(48)54/h1-9,11-15,18-25,28-29,31,37,40H,10,16-17,26,30H2,(H2,48,54)/t37?,40-/m0/s1. The highest BCUT2D eigenvalue weighted by Crippen LogP contribution is 2.46. The number of benzene rings is 3. The predicted octanol–water partition coefficient (Wildman–Crippen LogP) is 8.84. The van der Waals surface area contributed by atoms with E-state index < -0.39 is 5.54 Å². The summed E-state index contributed by atoms with van der Waals surface area (Å²) in [6, 6.07) is 39.6. The van der Waals surface area contributed by atoms with E-state index in [1.807, 2.05) is 30.5 Å². The summed E-state index contributed by atoms with van der Waals surface area (Å²) in [5.41, 5.74) is 13.5. The molecule has 1 aliphatic carbocycles. The van der Waals surface area contributed by atoms with Crippen molar-refractivity contribution in [2.75, 3.05) is 6.54 Å². The third-order valence-electron chi connectivity index (χ3n) is 11.1. The van der Waals surface area contributed by atoms with Crippen LogP contribution in [0.5, 0.6) is 0 Å². The molecular weight excluding hydrogens is 699 g/mol. The predicted molar refractivity (Wildman–Crippen MR) is 218 cm³/mol. The Morgan fingerprint density at radius 2 is 1.64 bits per heavy atom. The van der Waals surface area contributed by atoms with Gasteiger partial charge in [0, 0.05) is 46.4 Å². The Morgan fingerprint density at radius 3 is 2.33 bits per heavy atom. The molecule has 2 aliphatic rings. The second-order valence-electron chi connectivity index (χ2n) is 14.3. The van der Waals surface area contributed by atoms with Crippen molar-refractivity contribution in [1.82, 2.24) is 24.1 Å². The average molecular weight is 738 g/mol. The Kier molecular flexibility index (Phi) is 9.06. The number of nitrogens with zero attached hydrogens (tertiary/aromatic N) is 6. The van der Waals surface area contributed by atoms with E-state index in [9.17, 15) is 10.1 Å². The molecule has 1 unspecified atom stereocenters. The van der Waals surface area contributed by atoms with Crippen molar-refractivity contribution in [3.63, 3.8) is 0 Å².